The van der Waals surface area contributed by atoms with Gasteiger partial charge in [-0.25, -0.2) is 0 Å². The highest BCUT2D eigenvalue weighted by Crippen LogP contribution is 2.23. The molecule has 5 heteroatoms. The van der Waals surface area contributed by atoms with E-state index < -0.39 is 0 Å². The van der Waals surface area contributed by atoms with Crippen LogP contribution >= 0.6 is 0 Å². The second-order valence-electron chi connectivity index (χ2n) is 6.08. The molecule has 0 aliphatic carbocycles. The van der Waals surface area contributed by atoms with Crippen LogP contribution in [0.15, 0.2) is 0 Å². The highest BCUT2D eigenvalue weighted by atomic mass is 16.5. The van der Waals surface area contributed by atoms with Crippen LogP contribution in [-0.2, 0) is 9.53 Å². The van der Waals surface area contributed by atoms with Crippen LogP contribution < -0.4 is 0 Å². The van der Waals surface area contributed by atoms with Crippen molar-refractivity contribution in [2.45, 2.75) is 38.1 Å². The third-order valence-corrected chi connectivity index (χ3v) is 4.77. The molecular weight excluding hydrogens is 256 g/mol. The van der Waals surface area contributed by atoms with E-state index in [2.05, 4.69) is 14.5 Å². The van der Waals surface area contributed by atoms with Crippen molar-refractivity contribution in [3.05, 3.63) is 0 Å². The molecule has 2 aliphatic heterocycles. The lowest BCUT2D eigenvalue weighted by Gasteiger charge is -2.35. The minimum atomic E-state index is -0.116. The molecular formula is C15H28N2O3. The summed E-state index contributed by atoms with van der Waals surface area (Å²) in [6, 6.07) is 0.396. The summed E-state index contributed by atoms with van der Waals surface area (Å²) in [6.45, 7) is 5.57. The average molecular weight is 284 g/mol. The average Bonchev–Trinajstić information content (AvgIpc) is 2.93. The minimum absolute atomic E-state index is 0.116. The summed E-state index contributed by atoms with van der Waals surface area (Å²) < 4.78 is 4.68. The van der Waals surface area contributed by atoms with Crippen LogP contribution in [0.25, 0.3) is 0 Å². The van der Waals surface area contributed by atoms with Gasteiger partial charge in [0.05, 0.1) is 20.1 Å². The molecule has 116 valence electrons. The molecule has 2 heterocycles. The lowest BCUT2D eigenvalue weighted by Crippen LogP contribution is -2.41. The zero-order valence-electron chi connectivity index (χ0n) is 12.6. The minimum Gasteiger partial charge on any atom is -0.469 e. The first-order chi connectivity index (χ1) is 9.72. The summed E-state index contributed by atoms with van der Waals surface area (Å²) in [5.74, 6) is 0.631. The van der Waals surface area contributed by atoms with Crippen molar-refractivity contribution < 1.29 is 14.6 Å². The van der Waals surface area contributed by atoms with Gasteiger partial charge in [-0.2, -0.15) is 0 Å². The number of hydrogen-bond donors (Lipinski definition) is 1. The summed E-state index contributed by atoms with van der Waals surface area (Å²) in [4.78, 5) is 16.0. The number of esters is 1. The van der Waals surface area contributed by atoms with Crippen molar-refractivity contribution in [3.63, 3.8) is 0 Å². The van der Waals surface area contributed by atoms with E-state index >= 15 is 0 Å². The topological polar surface area (TPSA) is 53.0 Å². The number of rotatable bonds is 6. The van der Waals surface area contributed by atoms with Gasteiger partial charge in [0.25, 0.3) is 0 Å². The van der Waals surface area contributed by atoms with Crippen LogP contribution in [0.5, 0.6) is 0 Å². The molecule has 0 unspecified atom stereocenters. The van der Waals surface area contributed by atoms with E-state index in [-0.39, 0.29) is 5.97 Å². The van der Waals surface area contributed by atoms with Crippen molar-refractivity contribution >= 4 is 5.97 Å². The lowest BCUT2D eigenvalue weighted by atomic mass is 9.96. The maximum Gasteiger partial charge on any atom is 0.306 e. The second kappa shape index (κ2) is 7.96. The fourth-order valence-corrected chi connectivity index (χ4v) is 3.42. The van der Waals surface area contributed by atoms with Crippen molar-refractivity contribution in [1.82, 2.24) is 9.80 Å². The first kappa shape index (κ1) is 15.7. The van der Waals surface area contributed by atoms with Gasteiger partial charge in [-0.05, 0) is 51.2 Å². The normalized spacial score (nSPS) is 26.0. The third kappa shape index (κ3) is 4.43. The zero-order valence-corrected chi connectivity index (χ0v) is 12.6. The highest BCUT2D eigenvalue weighted by Gasteiger charge is 2.28. The molecule has 0 amide bonds. The number of hydrogen-bond acceptors (Lipinski definition) is 5. The number of ether oxygens (including phenoxy) is 1. The van der Waals surface area contributed by atoms with E-state index in [0.717, 1.165) is 45.1 Å². The van der Waals surface area contributed by atoms with Gasteiger partial charge >= 0.3 is 5.97 Å². The molecule has 0 aromatic heterocycles. The van der Waals surface area contributed by atoms with Gasteiger partial charge < -0.3 is 14.7 Å². The molecule has 0 bridgehead atoms. The summed E-state index contributed by atoms with van der Waals surface area (Å²) in [6.07, 6.45) is 5.28. The maximum atomic E-state index is 11.1. The molecule has 20 heavy (non-hydrogen) atoms. The molecule has 2 aliphatic rings. The van der Waals surface area contributed by atoms with Crippen molar-refractivity contribution in [2.75, 3.05) is 46.4 Å². The Kier molecular flexibility index (Phi) is 6.26. The number of aliphatic hydroxyl groups is 1. The molecule has 2 fully saturated rings. The first-order valence-electron chi connectivity index (χ1n) is 7.87. The Bertz CT molecular complexity index is 303. The summed E-state index contributed by atoms with van der Waals surface area (Å²) >= 11 is 0. The van der Waals surface area contributed by atoms with Crippen LogP contribution in [0.3, 0.4) is 0 Å². The van der Waals surface area contributed by atoms with Gasteiger partial charge in [0.1, 0.15) is 0 Å². The molecule has 1 atom stereocenters. The maximum absolute atomic E-state index is 11.1. The van der Waals surface area contributed by atoms with Gasteiger partial charge in [-0.1, -0.05) is 0 Å². The second-order valence-corrected chi connectivity index (χ2v) is 6.08. The molecule has 0 aromatic carbocycles. The predicted octanol–water partition coefficient (Wildman–Crippen LogP) is 0.718. The van der Waals surface area contributed by atoms with Gasteiger partial charge in [0.15, 0.2) is 0 Å². The van der Waals surface area contributed by atoms with Crippen molar-refractivity contribution in [2.24, 2.45) is 5.92 Å². The SMILES string of the molecule is COC(=O)CCN1CCC(CN2CCC[C@H]2CO)CC1. The van der Waals surface area contributed by atoms with E-state index in [1.165, 1.54) is 26.4 Å². The van der Waals surface area contributed by atoms with Gasteiger partial charge in [-0.3, -0.25) is 9.69 Å². The first-order valence-corrected chi connectivity index (χ1v) is 7.87. The van der Waals surface area contributed by atoms with Gasteiger partial charge in [0.2, 0.25) is 0 Å². The number of piperidine rings is 1. The fourth-order valence-electron chi connectivity index (χ4n) is 3.42. The Balaban J connectivity index is 1.65. The number of aliphatic hydroxyl groups excluding tert-OH is 1. The van der Waals surface area contributed by atoms with Crippen molar-refractivity contribution in [3.8, 4) is 0 Å². The molecule has 2 saturated heterocycles. The lowest BCUT2D eigenvalue weighted by molar-refractivity contribution is -0.141. The van der Waals surface area contributed by atoms with E-state index in [4.69, 9.17) is 0 Å². The quantitative estimate of drug-likeness (QED) is 0.728. The molecule has 2 rings (SSSR count). The number of carbonyl (C=O) groups is 1. The smallest absolute Gasteiger partial charge is 0.306 e. The van der Waals surface area contributed by atoms with E-state index in [1.807, 2.05) is 0 Å². The molecule has 0 saturated carbocycles. The summed E-state index contributed by atoms with van der Waals surface area (Å²) in [7, 11) is 1.45. The fraction of sp³-hybridized carbons (Fsp3) is 0.933. The molecule has 0 radical (unpaired) electrons. The summed E-state index contributed by atoms with van der Waals surface area (Å²) in [5, 5.41) is 9.36. The van der Waals surface area contributed by atoms with Crippen LogP contribution in [0.2, 0.25) is 0 Å². The number of nitrogens with zero attached hydrogens (tertiary/aromatic N) is 2. The third-order valence-electron chi connectivity index (χ3n) is 4.77. The molecule has 1 N–H and O–H groups in total. The van der Waals surface area contributed by atoms with Gasteiger partial charge in [0, 0.05) is 19.1 Å². The van der Waals surface area contributed by atoms with Crippen LogP contribution in [0.4, 0.5) is 0 Å². The highest BCUT2D eigenvalue weighted by molar-refractivity contribution is 5.69. The molecule has 0 spiro atoms. The number of carbonyl (C=O) groups excluding carboxylic acids is 1. The zero-order chi connectivity index (χ0) is 14.4. The van der Waals surface area contributed by atoms with Gasteiger partial charge in [-0.15, -0.1) is 0 Å². The van der Waals surface area contributed by atoms with E-state index in [1.54, 1.807) is 0 Å². The molecule has 5 nitrogen and oxygen atoms in total. The van der Waals surface area contributed by atoms with Crippen LogP contribution in [0, 0.1) is 5.92 Å². The van der Waals surface area contributed by atoms with Crippen LogP contribution in [-0.4, -0.2) is 73.4 Å². The summed E-state index contributed by atoms with van der Waals surface area (Å²) in [5.41, 5.74) is 0. The van der Waals surface area contributed by atoms with E-state index in [9.17, 15) is 9.90 Å². The predicted molar refractivity (Wildman–Crippen MR) is 77.5 cm³/mol. The standard InChI is InChI=1S/C15H28N2O3/c1-20-15(19)6-10-16-8-4-13(5-9-16)11-17-7-2-3-14(17)12-18/h13-14,18H,2-12H2,1H3/t14-/m0/s1. The Hall–Kier alpha value is -0.650. The Morgan fingerprint density at radius 2 is 2.00 bits per heavy atom. The van der Waals surface area contributed by atoms with E-state index in [0.29, 0.717) is 19.1 Å². The largest absolute Gasteiger partial charge is 0.469 e. The molecule has 0 aromatic rings. The Morgan fingerprint density at radius 3 is 2.65 bits per heavy atom. The number of likely N-dealkylation sites (tertiary alicyclic amines) is 2. The van der Waals surface area contributed by atoms with Crippen LogP contribution in [0.1, 0.15) is 32.1 Å². The Labute approximate surface area is 121 Å². The monoisotopic (exact) mass is 284 g/mol. The van der Waals surface area contributed by atoms with Crippen molar-refractivity contribution in [1.29, 1.82) is 0 Å². The Morgan fingerprint density at radius 1 is 1.25 bits per heavy atom. The number of methoxy groups -OCH3 is 1.